The minimum absolute atomic E-state index is 0.351. The molecule has 6 nitrogen and oxygen atoms in total. The van der Waals surface area contributed by atoms with Crippen LogP contribution < -0.4 is 10.8 Å². The molecule has 0 radical (unpaired) electrons. The average Bonchev–Trinajstić information content (AvgIpc) is 3.19. The molecule has 3 rings (SSSR count). The first-order valence-corrected chi connectivity index (χ1v) is 8.54. The van der Waals surface area contributed by atoms with Gasteiger partial charge in [-0.2, -0.15) is 18.3 Å². The normalized spacial score (nSPS) is 11.6. The van der Waals surface area contributed by atoms with E-state index in [0.29, 0.717) is 17.8 Å². The topological polar surface area (TPSA) is 90.0 Å². The molecular formula is C20H17F3N4O2. The SMILES string of the molecule is O=C(C=Cc1ccccc1NCc1c[nH]nc1-c1ccc(C(F)(F)F)cc1)NO. The number of aromatic amines is 1. The summed E-state index contributed by atoms with van der Waals surface area (Å²) in [5.41, 5.74) is 4.11. The third-order valence-corrected chi connectivity index (χ3v) is 4.16. The highest BCUT2D eigenvalue weighted by molar-refractivity contribution is 5.91. The number of halogens is 3. The van der Waals surface area contributed by atoms with E-state index in [4.69, 9.17) is 5.21 Å². The Morgan fingerprint density at radius 3 is 2.55 bits per heavy atom. The highest BCUT2D eigenvalue weighted by Crippen LogP contribution is 2.31. The van der Waals surface area contributed by atoms with Gasteiger partial charge in [0.1, 0.15) is 0 Å². The molecule has 0 aliphatic rings. The molecule has 0 aliphatic heterocycles. The highest BCUT2D eigenvalue weighted by atomic mass is 19.4. The van der Waals surface area contributed by atoms with E-state index in [2.05, 4.69) is 15.5 Å². The van der Waals surface area contributed by atoms with Crippen molar-refractivity contribution in [2.75, 3.05) is 5.32 Å². The van der Waals surface area contributed by atoms with Gasteiger partial charge in [0.15, 0.2) is 0 Å². The number of rotatable bonds is 6. The van der Waals surface area contributed by atoms with Crippen molar-refractivity contribution in [2.45, 2.75) is 12.7 Å². The number of aromatic nitrogens is 2. The largest absolute Gasteiger partial charge is 0.416 e. The molecule has 0 spiro atoms. The van der Waals surface area contributed by atoms with E-state index in [-0.39, 0.29) is 0 Å². The van der Waals surface area contributed by atoms with Gasteiger partial charge in [-0.05, 0) is 29.8 Å². The number of carbonyl (C=O) groups is 1. The summed E-state index contributed by atoms with van der Waals surface area (Å²) in [6.45, 7) is 0.351. The van der Waals surface area contributed by atoms with Crippen molar-refractivity contribution in [3.05, 3.63) is 77.5 Å². The molecule has 0 unspecified atom stereocenters. The fourth-order valence-corrected chi connectivity index (χ4v) is 2.71. The van der Waals surface area contributed by atoms with Crippen LogP contribution in [0.4, 0.5) is 18.9 Å². The van der Waals surface area contributed by atoms with E-state index in [1.807, 2.05) is 12.1 Å². The van der Waals surface area contributed by atoms with Crippen molar-refractivity contribution >= 4 is 17.7 Å². The number of carbonyl (C=O) groups excluding carboxylic acids is 1. The van der Waals surface area contributed by atoms with Gasteiger partial charge in [0.05, 0.1) is 11.3 Å². The third kappa shape index (κ3) is 5.02. The van der Waals surface area contributed by atoms with Crippen LogP contribution in [0.15, 0.2) is 60.8 Å². The maximum absolute atomic E-state index is 12.7. The summed E-state index contributed by atoms with van der Waals surface area (Å²) in [6.07, 6.45) is 0.00232. The quantitative estimate of drug-likeness (QED) is 0.282. The second-order valence-electron chi connectivity index (χ2n) is 6.08. The lowest BCUT2D eigenvalue weighted by atomic mass is 10.1. The smallest absolute Gasteiger partial charge is 0.380 e. The van der Waals surface area contributed by atoms with Gasteiger partial charge in [-0.15, -0.1) is 0 Å². The standard InChI is InChI=1S/C20H17F3N4O2/c21-20(22,23)16-8-5-14(6-9-16)19-15(12-25-26-19)11-24-17-4-2-1-3-13(17)7-10-18(28)27-29/h1-10,12,24,29H,11H2,(H,25,26)(H,27,28). The Kier molecular flexibility index (Phi) is 5.99. The lowest BCUT2D eigenvalue weighted by Crippen LogP contribution is -2.14. The highest BCUT2D eigenvalue weighted by Gasteiger charge is 2.30. The molecule has 1 amide bonds. The van der Waals surface area contributed by atoms with Crippen LogP contribution in [0.5, 0.6) is 0 Å². The van der Waals surface area contributed by atoms with Crippen molar-refractivity contribution in [1.29, 1.82) is 0 Å². The fraction of sp³-hybridized carbons (Fsp3) is 0.100. The number of para-hydroxylation sites is 1. The van der Waals surface area contributed by atoms with Gasteiger partial charge in [0, 0.05) is 35.6 Å². The number of hydroxylamine groups is 1. The minimum atomic E-state index is -4.39. The molecular weight excluding hydrogens is 385 g/mol. The van der Waals surface area contributed by atoms with Gasteiger partial charge in [-0.1, -0.05) is 30.3 Å². The van der Waals surface area contributed by atoms with Crippen LogP contribution in [-0.4, -0.2) is 21.3 Å². The van der Waals surface area contributed by atoms with Crippen LogP contribution in [0, 0.1) is 0 Å². The third-order valence-electron chi connectivity index (χ3n) is 4.16. The molecule has 0 saturated carbocycles. The van der Waals surface area contributed by atoms with Crippen molar-refractivity contribution in [3.8, 4) is 11.3 Å². The van der Waals surface area contributed by atoms with Crippen molar-refractivity contribution < 1.29 is 23.2 Å². The summed E-state index contributed by atoms with van der Waals surface area (Å²) in [4.78, 5) is 11.2. The van der Waals surface area contributed by atoms with Gasteiger partial charge >= 0.3 is 6.18 Å². The maximum atomic E-state index is 12.7. The first-order chi connectivity index (χ1) is 13.9. The zero-order valence-corrected chi connectivity index (χ0v) is 15.0. The molecule has 29 heavy (non-hydrogen) atoms. The van der Waals surface area contributed by atoms with Crippen LogP contribution in [-0.2, 0) is 17.5 Å². The summed E-state index contributed by atoms with van der Waals surface area (Å²) in [7, 11) is 0. The Hall–Kier alpha value is -3.59. The minimum Gasteiger partial charge on any atom is -0.380 e. The Bertz CT molecular complexity index is 1010. The van der Waals surface area contributed by atoms with Gasteiger partial charge in [-0.25, -0.2) is 5.48 Å². The molecule has 1 heterocycles. The van der Waals surface area contributed by atoms with Crippen LogP contribution in [0.1, 0.15) is 16.7 Å². The van der Waals surface area contributed by atoms with Crippen LogP contribution in [0.25, 0.3) is 17.3 Å². The Labute approximate surface area is 164 Å². The number of nitrogens with zero attached hydrogens (tertiary/aromatic N) is 1. The maximum Gasteiger partial charge on any atom is 0.416 e. The van der Waals surface area contributed by atoms with Gasteiger partial charge in [0.25, 0.3) is 5.91 Å². The van der Waals surface area contributed by atoms with E-state index in [0.717, 1.165) is 28.9 Å². The number of hydrogen-bond donors (Lipinski definition) is 4. The molecule has 1 aromatic heterocycles. The van der Waals surface area contributed by atoms with E-state index >= 15 is 0 Å². The second-order valence-corrected chi connectivity index (χ2v) is 6.08. The average molecular weight is 402 g/mol. The molecule has 9 heteroatoms. The van der Waals surface area contributed by atoms with E-state index in [1.54, 1.807) is 24.4 Å². The number of alkyl halides is 3. The number of benzene rings is 2. The monoisotopic (exact) mass is 402 g/mol. The Balaban J connectivity index is 1.77. The number of nitrogens with one attached hydrogen (secondary N) is 3. The van der Waals surface area contributed by atoms with Crippen molar-refractivity contribution in [2.24, 2.45) is 0 Å². The molecule has 0 fully saturated rings. The van der Waals surface area contributed by atoms with Crippen molar-refractivity contribution in [3.63, 3.8) is 0 Å². The number of hydrogen-bond acceptors (Lipinski definition) is 4. The lowest BCUT2D eigenvalue weighted by Gasteiger charge is -2.10. The first-order valence-electron chi connectivity index (χ1n) is 8.54. The predicted octanol–water partition coefficient (Wildman–Crippen LogP) is 4.23. The molecule has 0 saturated heterocycles. The first kappa shape index (κ1) is 20.2. The molecule has 0 bridgehead atoms. The molecule has 4 N–H and O–H groups in total. The number of amides is 1. The van der Waals surface area contributed by atoms with E-state index in [1.165, 1.54) is 23.7 Å². The molecule has 0 aliphatic carbocycles. The Morgan fingerprint density at radius 2 is 1.86 bits per heavy atom. The zero-order chi connectivity index (χ0) is 20.9. The summed E-state index contributed by atoms with van der Waals surface area (Å²) in [5.74, 6) is -0.653. The van der Waals surface area contributed by atoms with Crippen molar-refractivity contribution in [1.82, 2.24) is 15.7 Å². The van der Waals surface area contributed by atoms with E-state index < -0.39 is 17.6 Å². The molecule has 3 aromatic rings. The Morgan fingerprint density at radius 1 is 1.14 bits per heavy atom. The van der Waals surface area contributed by atoms with Gasteiger partial charge < -0.3 is 5.32 Å². The summed E-state index contributed by atoms with van der Waals surface area (Å²) in [6, 6.07) is 12.0. The van der Waals surface area contributed by atoms with Gasteiger partial charge in [-0.3, -0.25) is 15.1 Å². The lowest BCUT2D eigenvalue weighted by molar-refractivity contribution is -0.137. The van der Waals surface area contributed by atoms with Gasteiger partial charge in [0.2, 0.25) is 0 Å². The van der Waals surface area contributed by atoms with Crippen LogP contribution in [0.3, 0.4) is 0 Å². The predicted molar refractivity (Wildman–Crippen MR) is 102 cm³/mol. The zero-order valence-electron chi connectivity index (χ0n) is 15.0. The molecule has 150 valence electrons. The summed E-state index contributed by atoms with van der Waals surface area (Å²) in [5, 5.41) is 18.7. The van der Waals surface area contributed by atoms with Crippen LogP contribution in [0.2, 0.25) is 0 Å². The summed E-state index contributed by atoms with van der Waals surface area (Å²) >= 11 is 0. The number of anilines is 1. The summed E-state index contributed by atoms with van der Waals surface area (Å²) < 4.78 is 38.2. The van der Waals surface area contributed by atoms with E-state index in [9.17, 15) is 18.0 Å². The fourth-order valence-electron chi connectivity index (χ4n) is 2.71. The van der Waals surface area contributed by atoms with Crippen LogP contribution >= 0.6 is 0 Å². The molecule has 0 atom stereocenters. The second kappa shape index (κ2) is 8.61. The number of H-pyrrole nitrogens is 1. The molecule has 2 aromatic carbocycles.